The first-order valence-electron chi connectivity index (χ1n) is 10.7. The number of aromatic nitrogens is 5. The lowest BCUT2D eigenvalue weighted by Gasteiger charge is -2.23. The number of amides is 1. The highest BCUT2D eigenvalue weighted by Crippen LogP contribution is 2.34. The highest BCUT2D eigenvalue weighted by molar-refractivity contribution is 6.38. The molecule has 0 aliphatic heterocycles. The van der Waals surface area contributed by atoms with E-state index in [1.807, 2.05) is 12.1 Å². The Kier molecular flexibility index (Phi) is 6.81. The van der Waals surface area contributed by atoms with Crippen molar-refractivity contribution in [3.05, 3.63) is 41.6 Å². The summed E-state index contributed by atoms with van der Waals surface area (Å²) in [5.74, 6) is 1.41. The Balaban J connectivity index is 1.51. The molecule has 0 bridgehead atoms. The van der Waals surface area contributed by atoms with E-state index in [1.54, 1.807) is 50.0 Å². The maximum atomic E-state index is 12.1. The first-order valence-corrected chi connectivity index (χ1v) is 11.1. The number of fused-ring (bicyclic) bond motifs is 1. The van der Waals surface area contributed by atoms with Crippen LogP contribution >= 0.6 is 11.6 Å². The van der Waals surface area contributed by atoms with Crippen LogP contribution in [0.1, 0.15) is 13.8 Å². The number of halogens is 1. The van der Waals surface area contributed by atoms with Crippen LogP contribution in [-0.2, 0) is 11.8 Å². The molecule has 11 nitrogen and oxygen atoms in total. The van der Waals surface area contributed by atoms with Gasteiger partial charge >= 0.3 is 0 Å². The molecule has 0 atom stereocenters. The van der Waals surface area contributed by atoms with Gasteiger partial charge < -0.3 is 25.2 Å². The lowest BCUT2D eigenvalue weighted by atomic mass is 10.1. The minimum absolute atomic E-state index is 0.186. The summed E-state index contributed by atoms with van der Waals surface area (Å²) in [4.78, 5) is 16.7. The molecule has 0 unspecified atom stereocenters. The topological polar surface area (TPSA) is 139 Å². The molecule has 0 spiro atoms. The summed E-state index contributed by atoms with van der Waals surface area (Å²) in [6.07, 6.45) is 1.66. The van der Waals surface area contributed by atoms with E-state index in [0.29, 0.717) is 39.5 Å². The molecule has 4 aromatic rings. The second-order valence-corrected chi connectivity index (χ2v) is 8.89. The number of ether oxygens (including phenoxy) is 2. The number of carbonyl (C=O) groups is 1. The molecule has 0 saturated carbocycles. The number of nitrogens with one attached hydrogen (secondary N) is 3. The van der Waals surface area contributed by atoms with Gasteiger partial charge in [0.2, 0.25) is 5.95 Å². The van der Waals surface area contributed by atoms with Crippen molar-refractivity contribution >= 4 is 40.0 Å². The summed E-state index contributed by atoms with van der Waals surface area (Å²) >= 11 is 6.51. The molecule has 2 aromatic carbocycles. The van der Waals surface area contributed by atoms with Gasteiger partial charge in [-0.2, -0.15) is 10.1 Å². The minimum Gasteiger partial charge on any atom is -0.493 e. The molecule has 4 rings (SSSR count). The highest BCUT2D eigenvalue weighted by Gasteiger charge is 2.20. The Morgan fingerprint density at radius 2 is 2.06 bits per heavy atom. The number of anilines is 2. The second kappa shape index (κ2) is 9.80. The van der Waals surface area contributed by atoms with Crippen molar-refractivity contribution in [2.24, 2.45) is 7.05 Å². The third-order valence-electron chi connectivity index (χ3n) is 5.22. The normalized spacial score (nSPS) is 11.5. The fourth-order valence-electron chi connectivity index (χ4n) is 3.34. The lowest BCUT2D eigenvalue weighted by Crippen LogP contribution is -2.48. The number of aromatic amines is 1. The second-order valence-electron chi connectivity index (χ2n) is 8.51. The Bertz CT molecular complexity index is 1370. The van der Waals surface area contributed by atoms with E-state index >= 15 is 0 Å². The summed E-state index contributed by atoms with van der Waals surface area (Å²) in [5, 5.41) is 27.9. The number of hydrogen-bond donors (Lipinski definition) is 4. The van der Waals surface area contributed by atoms with Crippen molar-refractivity contribution in [3.8, 4) is 22.9 Å². The molecule has 0 saturated heterocycles. The molecular formula is C23H26ClN7O4. The number of nitrogens with zero attached hydrogens (tertiary/aromatic N) is 4. The third-order valence-corrected chi connectivity index (χ3v) is 5.63. The number of methoxy groups -OCH3 is 1. The molecule has 12 heteroatoms. The van der Waals surface area contributed by atoms with Gasteiger partial charge in [0.1, 0.15) is 0 Å². The van der Waals surface area contributed by atoms with Crippen LogP contribution in [0.5, 0.6) is 11.5 Å². The van der Waals surface area contributed by atoms with Crippen molar-refractivity contribution in [2.45, 2.75) is 19.4 Å². The van der Waals surface area contributed by atoms with Gasteiger partial charge in [-0.1, -0.05) is 11.6 Å². The number of aliphatic hydroxyl groups excluding tert-OH is 1. The number of aryl methyl sites for hydroxylation is 1. The zero-order valence-corrected chi connectivity index (χ0v) is 20.5. The predicted octanol–water partition coefficient (Wildman–Crippen LogP) is 3.03. The van der Waals surface area contributed by atoms with Gasteiger partial charge in [0.25, 0.3) is 5.91 Å². The van der Waals surface area contributed by atoms with E-state index in [0.717, 1.165) is 10.9 Å². The average molecular weight is 500 g/mol. The number of H-pyrrole nitrogens is 1. The fraction of sp³-hybridized carbons (Fsp3) is 0.304. The van der Waals surface area contributed by atoms with Crippen molar-refractivity contribution < 1.29 is 19.4 Å². The van der Waals surface area contributed by atoms with Gasteiger partial charge in [-0.3, -0.25) is 9.89 Å². The van der Waals surface area contributed by atoms with Crippen LogP contribution in [0.25, 0.3) is 22.3 Å². The number of rotatable bonds is 9. The van der Waals surface area contributed by atoms with E-state index in [4.69, 9.17) is 21.1 Å². The first-order chi connectivity index (χ1) is 16.7. The maximum absolute atomic E-state index is 12.1. The van der Waals surface area contributed by atoms with E-state index in [9.17, 15) is 9.90 Å². The quantitative estimate of drug-likeness (QED) is 0.275. The molecule has 35 heavy (non-hydrogen) atoms. The molecule has 184 valence electrons. The molecular weight excluding hydrogens is 474 g/mol. The zero-order chi connectivity index (χ0) is 25.2. The summed E-state index contributed by atoms with van der Waals surface area (Å²) in [5.41, 5.74) is 1.47. The van der Waals surface area contributed by atoms with Gasteiger partial charge in [0, 0.05) is 18.0 Å². The summed E-state index contributed by atoms with van der Waals surface area (Å²) in [6.45, 7) is 3.02. The summed E-state index contributed by atoms with van der Waals surface area (Å²) in [6, 6.07) is 8.91. The standard InChI is InChI=1S/C23H26ClN7O4/c1-23(2,12-32)28-19(33)11-35-17-8-5-13(9-18(17)34-4)21-27-22(31(3)30-21)26-16-7-6-15-14(20(16)24)10-25-29-15/h5-10,32H,11-12H2,1-4H3,(H,25,29)(H,28,33)(H,26,27,30). The molecule has 0 aliphatic carbocycles. The van der Waals surface area contributed by atoms with Gasteiger partial charge in [-0.05, 0) is 44.2 Å². The first kappa shape index (κ1) is 24.3. The Labute approximate surface area is 206 Å². The Hall–Kier alpha value is -3.83. The van der Waals surface area contributed by atoms with Gasteiger partial charge in [-0.25, -0.2) is 4.68 Å². The van der Waals surface area contributed by atoms with Crippen LogP contribution in [0.15, 0.2) is 36.5 Å². The Morgan fingerprint density at radius 3 is 2.80 bits per heavy atom. The van der Waals surface area contributed by atoms with Crippen molar-refractivity contribution in [3.63, 3.8) is 0 Å². The largest absolute Gasteiger partial charge is 0.493 e. The van der Waals surface area contributed by atoms with Crippen LogP contribution in [0.3, 0.4) is 0 Å². The van der Waals surface area contributed by atoms with Crippen LogP contribution < -0.4 is 20.1 Å². The van der Waals surface area contributed by atoms with Crippen LogP contribution in [0, 0.1) is 0 Å². The number of benzene rings is 2. The molecule has 4 N–H and O–H groups in total. The van der Waals surface area contributed by atoms with Crippen molar-refractivity contribution in [2.75, 3.05) is 25.6 Å². The van der Waals surface area contributed by atoms with E-state index in [-0.39, 0.29) is 19.1 Å². The third kappa shape index (κ3) is 5.31. The average Bonchev–Trinajstić information content (AvgIpc) is 3.46. The molecule has 1 amide bonds. The summed E-state index contributed by atoms with van der Waals surface area (Å²) < 4.78 is 12.7. The smallest absolute Gasteiger partial charge is 0.258 e. The maximum Gasteiger partial charge on any atom is 0.258 e. The number of aliphatic hydroxyl groups is 1. The molecule has 2 aromatic heterocycles. The van der Waals surface area contributed by atoms with E-state index < -0.39 is 5.54 Å². The zero-order valence-electron chi connectivity index (χ0n) is 19.7. The minimum atomic E-state index is -0.737. The van der Waals surface area contributed by atoms with Crippen LogP contribution in [0.4, 0.5) is 11.6 Å². The van der Waals surface area contributed by atoms with Gasteiger partial charge in [-0.15, -0.1) is 5.10 Å². The molecule has 0 fully saturated rings. The van der Waals surface area contributed by atoms with Crippen LogP contribution in [0.2, 0.25) is 5.02 Å². The van der Waals surface area contributed by atoms with E-state index in [2.05, 4.69) is 30.9 Å². The predicted molar refractivity (Wildman–Crippen MR) is 132 cm³/mol. The van der Waals surface area contributed by atoms with Gasteiger partial charge in [0.05, 0.1) is 41.7 Å². The molecule has 2 heterocycles. The van der Waals surface area contributed by atoms with Gasteiger partial charge in [0.15, 0.2) is 23.9 Å². The highest BCUT2D eigenvalue weighted by atomic mass is 35.5. The lowest BCUT2D eigenvalue weighted by molar-refractivity contribution is -0.125. The van der Waals surface area contributed by atoms with Crippen molar-refractivity contribution in [1.82, 2.24) is 30.3 Å². The molecule has 0 aliphatic rings. The number of carbonyl (C=O) groups excluding carboxylic acids is 1. The fourth-order valence-corrected chi connectivity index (χ4v) is 3.60. The van der Waals surface area contributed by atoms with Crippen molar-refractivity contribution in [1.29, 1.82) is 0 Å². The molecule has 0 radical (unpaired) electrons. The number of hydrogen-bond acceptors (Lipinski definition) is 8. The SMILES string of the molecule is COc1cc(-c2nc(Nc3ccc4[nH]ncc4c3Cl)n(C)n2)ccc1OCC(=O)NC(C)(C)CO. The Morgan fingerprint density at radius 1 is 1.26 bits per heavy atom. The monoisotopic (exact) mass is 499 g/mol. The summed E-state index contributed by atoms with van der Waals surface area (Å²) in [7, 11) is 3.28. The van der Waals surface area contributed by atoms with E-state index in [1.165, 1.54) is 7.11 Å². The van der Waals surface area contributed by atoms with Crippen LogP contribution in [-0.4, -0.2) is 61.8 Å².